The molecule has 0 fully saturated rings. The Balaban J connectivity index is 1.76. The van der Waals surface area contributed by atoms with Crippen LogP contribution in [0.3, 0.4) is 0 Å². The van der Waals surface area contributed by atoms with Gasteiger partial charge in [-0.1, -0.05) is 23.2 Å². The maximum Gasteiger partial charge on any atom is 0.258 e. The van der Waals surface area contributed by atoms with Crippen LogP contribution in [0.2, 0.25) is 10.3 Å². The highest BCUT2D eigenvalue weighted by atomic mass is 35.5. The summed E-state index contributed by atoms with van der Waals surface area (Å²) in [6.07, 6.45) is 3.39. The van der Waals surface area contributed by atoms with E-state index >= 15 is 0 Å². The molecular formula is C17H12Cl2N4OS. The van der Waals surface area contributed by atoms with Crippen LogP contribution >= 0.6 is 35.0 Å². The third kappa shape index (κ3) is 4.48. The van der Waals surface area contributed by atoms with Gasteiger partial charge in [0, 0.05) is 23.0 Å². The van der Waals surface area contributed by atoms with Gasteiger partial charge in [-0.2, -0.15) is 0 Å². The van der Waals surface area contributed by atoms with Gasteiger partial charge in [-0.25, -0.2) is 15.0 Å². The smallest absolute Gasteiger partial charge is 0.258 e. The van der Waals surface area contributed by atoms with Crippen LogP contribution in [0.25, 0.3) is 0 Å². The Bertz CT molecular complexity index is 922. The summed E-state index contributed by atoms with van der Waals surface area (Å²) in [5.74, 6) is -0.343. The molecule has 1 aromatic carbocycles. The van der Waals surface area contributed by atoms with Crippen molar-refractivity contribution < 1.29 is 4.79 Å². The fourth-order valence-corrected chi connectivity index (χ4v) is 3.29. The molecule has 25 heavy (non-hydrogen) atoms. The molecule has 1 N–H and O–H groups in total. The van der Waals surface area contributed by atoms with Crippen molar-refractivity contribution in [1.29, 1.82) is 0 Å². The standard InChI is InChI=1S/C17H12Cl2N4OS/c1-10-9-11(25-17-20-7-2-8-21-17)3-5-13(10)22-16(24)12-4-6-14(18)23-15(12)19/h2-9H,1H3,(H,22,24). The summed E-state index contributed by atoms with van der Waals surface area (Å²) >= 11 is 13.2. The number of aromatic nitrogens is 3. The van der Waals surface area contributed by atoms with Crippen molar-refractivity contribution >= 4 is 46.6 Å². The van der Waals surface area contributed by atoms with Gasteiger partial charge in [0.25, 0.3) is 5.91 Å². The van der Waals surface area contributed by atoms with Gasteiger partial charge >= 0.3 is 0 Å². The SMILES string of the molecule is Cc1cc(Sc2ncccn2)ccc1NC(=O)c1ccc(Cl)nc1Cl. The van der Waals surface area contributed by atoms with Gasteiger partial charge in [0.1, 0.15) is 10.3 Å². The van der Waals surface area contributed by atoms with Gasteiger partial charge < -0.3 is 5.32 Å². The van der Waals surface area contributed by atoms with E-state index in [1.54, 1.807) is 24.5 Å². The predicted molar refractivity (Wildman–Crippen MR) is 99.5 cm³/mol. The molecule has 0 saturated carbocycles. The van der Waals surface area contributed by atoms with Gasteiger partial charge in [0.2, 0.25) is 0 Å². The monoisotopic (exact) mass is 390 g/mol. The molecule has 0 unspecified atom stereocenters. The Kier molecular flexibility index (Phi) is 5.53. The van der Waals surface area contributed by atoms with E-state index in [-0.39, 0.29) is 21.8 Å². The number of nitrogens with one attached hydrogen (secondary N) is 1. The van der Waals surface area contributed by atoms with Crippen LogP contribution in [0.4, 0.5) is 5.69 Å². The number of carbonyl (C=O) groups excluding carboxylic acids is 1. The largest absolute Gasteiger partial charge is 0.322 e. The summed E-state index contributed by atoms with van der Waals surface area (Å²) in [6, 6.07) is 10.5. The number of anilines is 1. The second-order valence-electron chi connectivity index (χ2n) is 5.04. The summed E-state index contributed by atoms with van der Waals surface area (Å²) in [5, 5.41) is 3.80. The molecule has 3 rings (SSSR count). The lowest BCUT2D eigenvalue weighted by Gasteiger charge is -2.10. The Morgan fingerprint density at radius 3 is 2.56 bits per heavy atom. The number of pyridine rings is 1. The highest BCUT2D eigenvalue weighted by Gasteiger charge is 2.13. The summed E-state index contributed by atoms with van der Waals surface area (Å²) < 4.78 is 0. The molecular weight excluding hydrogens is 379 g/mol. The normalized spacial score (nSPS) is 10.5. The molecule has 0 aliphatic carbocycles. The third-order valence-corrected chi connectivity index (χ3v) is 4.64. The molecule has 0 aliphatic rings. The number of benzene rings is 1. The van der Waals surface area contributed by atoms with Gasteiger partial charge in [0.05, 0.1) is 5.56 Å². The molecule has 126 valence electrons. The van der Waals surface area contributed by atoms with Crippen LogP contribution < -0.4 is 5.32 Å². The fourth-order valence-electron chi connectivity index (χ4n) is 2.05. The minimum atomic E-state index is -0.343. The van der Waals surface area contributed by atoms with Crippen LogP contribution in [-0.2, 0) is 0 Å². The number of aryl methyl sites for hydroxylation is 1. The Morgan fingerprint density at radius 2 is 1.88 bits per heavy atom. The zero-order valence-corrected chi connectivity index (χ0v) is 15.4. The van der Waals surface area contributed by atoms with E-state index in [0.717, 1.165) is 10.5 Å². The first-order valence-corrected chi connectivity index (χ1v) is 8.79. The van der Waals surface area contributed by atoms with Crippen molar-refractivity contribution in [2.75, 3.05) is 5.32 Å². The molecule has 5 nitrogen and oxygen atoms in total. The highest BCUT2D eigenvalue weighted by molar-refractivity contribution is 7.99. The second kappa shape index (κ2) is 7.82. The van der Waals surface area contributed by atoms with Crippen molar-refractivity contribution in [2.24, 2.45) is 0 Å². The minimum Gasteiger partial charge on any atom is -0.322 e. The second-order valence-corrected chi connectivity index (χ2v) is 6.82. The molecule has 0 radical (unpaired) electrons. The summed E-state index contributed by atoms with van der Waals surface area (Å²) in [4.78, 5) is 25.6. The van der Waals surface area contributed by atoms with E-state index in [1.165, 1.54) is 17.8 Å². The molecule has 0 atom stereocenters. The molecule has 1 amide bonds. The van der Waals surface area contributed by atoms with Crippen molar-refractivity contribution in [1.82, 2.24) is 15.0 Å². The lowest BCUT2D eigenvalue weighted by atomic mass is 10.2. The first kappa shape index (κ1) is 17.7. The number of hydrogen-bond acceptors (Lipinski definition) is 5. The van der Waals surface area contributed by atoms with Crippen LogP contribution in [0.5, 0.6) is 0 Å². The molecule has 0 saturated heterocycles. The van der Waals surface area contributed by atoms with Crippen molar-refractivity contribution in [3.8, 4) is 0 Å². The minimum absolute atomic E-state index is 0.0658. The zero-order valence-electron chi connectivity index (χ0n) is 13.0. The topological polar surface area (TPSA) is 67.8 Å². The van der Waals surface area contributed by atoms with E-state index in [1.807, 2.05) is 25.1 Å². The van der Waals surface area contributed by atoms with E-state index in [2.05, 4.69) is 20.3 Å². The highest BCUT2D eigenvalue weighted by Crippen LogP contribution is 2.28. The molecule has 0 bridgehead atoms. The van der Waals surface area contributed by atoms with Crippen LogP contribution in [0.15, 0.2) is 58.8 Å². The summed E-state index contributed by atoms with van der Waals surface area (Å²) in [6.45, 7) is 1.91. The first-order valence-electron chi connectivity index (χ1n) is 7.22. The van der Waals surface area contributed by atoms with Crippen molar-refractivity contribution in [3.05, 3.63) is 70.2 Å². The first-order chi connectivity index (χ1) is 12.0. The fraction of sp³-hybridized carbons (Fsp3) is 0.0588. The van der Waals surface area contributed by atoms with Crippen LogP contribution in [0.1, 0.15) is 15.9 Å². The van der Waals surface area contributed by atoms with Gasteiger partial charge in [-0.15, -0.1) is 0 Å². The quantitative estimate of drug-likeness (QED) is 0.507. The van der Waals surface area contributed by atoms with Gasteiger partial charge in [0.15, 0.2) is 5.16 Å². The average Bonchev–Trinajstić information content (AvgIpc) is 2.58. The van der Waals surface area contributed by atoms with Crippen molar-refractivity contribution in [3.63, 3.8) is 0 Å². The lowest BCUT2D eigenvalue weighted by Crippen LogP contribution is -2.13. The lowest BCUT2D eigenvalue weighted by molar-refractivity contribution is 0.102. The molecule has 3 aromatic rings. The Morgan fingerprint density at radius 1 is 1.12 bits per heavy atom. The van der Waals surface area contributed by atoms with Crippen LogP contribution in [0, 0.1) is 6.92 Å². The number of rotatable bonds is 4. The molecule has 0 aliphatic heterocycles. The molecule has 8 heteroatoms. The molecule has 2 heterocycles. The number of hydrogen-bond donors (Lipinski definition) is 1. The predicted octanol–water partition coefficient (Wildman–Crippen LogP) is 4.89. The summed E-state index contributed by atoms with van der Waals surface area (Å²) in [5.41, 5.74) is 1.86. The Hall–Kier alpha value is -2.15. The average molecular weight is 391 g/mol. The Labute approximate surface area is 158 Å². The number of amides is 1. The number of nitrogens with zero attached hydrogens (tertiary/aromatic N) is 3. The third-order valence-electron chi connectivity index (χ3n) is 3.26. The van der Waals surface area contributed by atoms with E-state index < -0.39 is 0 Å². The van der Waals surface area contributed by atoms with Crippen LogP contribution in [-0.4, -0.2) is 20.9 Å². The zero-order chi connectivity index (χ0) is 17.8. The number of carbonyl (C=O) groups is 1. The van der Waals surface area contributed by atoms with E-state index in [4.69, 9.17) is 23.2 Å². The van der Waals surface area contributed by atoms with E-state index in [9.17, 15) is 4.79 Å². The molecule has 0 spiro atoms. The maximum absolute atomic E-state index is 12.4. The molecule has 2 aromatic heterocycles. The summed E-state index contributed by atoms with van der Waals surface area (Å²) in [7, 11) is 0. The maximum atomic E-state index is 12.4. The number of halogens is 2. The van der Waals surface area contributed by atoms with E-state index in [0.29, 0.717) is 10.8 Å². The van der Waals surface area contributed by atoms with Crippen molar-refractivity contribution in [2.45, 2.75) is 17.0 Å². The van der Waals surface area contributed by atoms with Gasteiger partial charge in [-0.3, -0.25) is 4.79 Å². The van der Waals surface area contributed by atoms with Gasteiger partial charge in [-0.05, 0) is 60.6 Å².